The van der Waals surface area contributed by atoms with Crippen LogP contribution < -0.4 is 5.73 Å². The standard InChI is InChI=1S/C17H28N2/c1-19(11-10-15-6-3-2-4-7-15)14-17-9-5-8-16(12-17)13-18/h5,8-9,12,15H,2-4,6-7,10-11,13-14,18H2,1H3. The summed E-state index contributed by atoms with van der Waals surface area (Å²) in [7, 11) is 2.23. The molecule has 2 rings (SSSR count). The van der Waals surface area contributed by atoms with Gasteiger partial charge in [-0.15, -0.1) is 0 Å². The number of nitrogens with two attached hydrogens (primary N) is 1. The Hall–Kier alpha value is -0.860. The van der Waals surface area contributed by atoms with Crippen molar-refractivity contribution in [3.63, 3.8) is 0 Å². The third-order valence-electron chi connectivity index (χ3n) is 4.32. The van der Waals surface area contributed by atoms with Gasteiger partial charge in [-0.2, -0.15) is 0 Å². The summed E-state index contributed by atoms with van der Waals surface area (Å²) in [5.74, 6) is 0.978. The van der Waals surface area contributed by atoms with E-state index in [1.807, 2.05) is 0 Å². The van der Waals surface area contributed by atoms with Crippen LogP contribution in [0.25, 0.3) is 0 Å². The fourth-order valence-corrected chi connectivity index (χ4v) is 3.12. The predicted octanol–water partition coefficient (Wildman–Crippen LogP) is 3.55. The number of benzene rings is 1. The Bertz CT molecular complexity index is 369. The third kappa shape index (κ3) is 4.96. The molecule has 1 aromatic carbocycles. The van der Waals surface area contributed by atoms with Crippen LogP contribution in [0, 0.1) is 5.92 Å². The smallest absolute Gasteiger partial charge is 0.0230 e. The zero-order chi connectivity index (χ0) is 13.5. The lowest BCUT2D eigenvalue weighted by atomic mass is 9.87. The maximum absolute atomic E-state index is 5.69. The highest BCUT2D eigenvalue weighted by Crippen LogP contribution is 2.26. The Labute approximate surface area is 118 Å². The average Bonchev–Trinajstić information content (AvgIpc) is 2.46. The van der Waals surface area contributed by atoms with E-state index in [9.17, 15) is 0 Å². The van der Waals surface area contributed by atoms with Crippen molar-refractivity contribution < 1.29 is 0 Å². The number of nitrogens with zero attached hydrogens (tertiary/aromatic N) is 1. The van der Waals surface area contributed by atoms with E-state index in [-0.39, 0.29) is 0 Å². The highest BCUT2D eigenvalue weighted by Gasteiger charge is 2.13. The fourth-order valence-electron chi connectivity index (χ4n) is 3.12. The summed E-state index contributed by atoms with van der Waals surface area (Å²) >= 11 is 0. The lowest BCUT2D eigenvalue weighted by molar-refractivity contribution is 0.260. The molecule has 0 aromatic heterocycles. The number of hydrogen-bond donors (Lipinski definition) is 1. The van der Waals surface area contributed by atoms with Crippen LogP contribution in [-0.4, -0.2) is 18.5 Å². The second-order valence-electron chi connectivity index (χ2n) is 6.05. The molecule has 1 saturated carbocycles. The van der Waals surface area contributed by atoms with Crippen molar-refractivity contribution in [3.05, 3.63) is 35.4 Å². The maximum Gasteiger partial charge on any atom is 0.0230 e. The minimum absolute atomic E-state index is 0.639. The average molecular weight is 260 g/mol. The van der Waals surface area contributed by atoms with Gasteiger partial charge in [0.1, 0.15) is 0 Å². The summed E-state index contributed by atoms with van der Waals surface area (Å²) < 4.78 is 0. The lowest BCUT2D eigenvalue weighted by Gasteiger charge is -2.24. The van der Waals surface area contributed by atoms with E-state index in [1.165, 1.54) is 56.2 Å². The van der Waals surface area contributed by atoms with Crippen LogP contribution in [0.5, 0.6) is 0 Å². The van der Waals surface area contributed by atoms with Gasteiger partial charge in [0.25, 0.3) is 0 Å². The molecule has 2 heteroatoms. The van der Waals surface area contributed by atoms with E-state index in [2.05, 4.69) is 36.2 Å². The van der Waals surface area contributed by atoms with Crippen molar-refractivity contribution in [2.24, 2.45) is 11.7 Å². The largest absolute Gasteiger partial charge is 0.326 e. The molecular formula is C17H28N2. The van der Waals surface area contributed by atoms with Crippen LogP contribution in [0.2, 0.25) is 0 Å². The molecule has 1 fully saturated rings. The predicted molar refractivity (Wildman–Crippen MR) is 81.9 cm³/mol. The molecule has 2 N–H and O–H groups in total. The van der Waals surface area contributed by atoms with Crippen molar-refractivity contribution in [1.29, 1.82) is 0 Å². The van der Waals surface area contributed by atoms with Crippen LogP contribution in [-0.2, 0) is 13.1 Å². The highest BCUT2D eigenvalue weighted by atomic mass is 15.1. The van der Waals surface area contributed by atoms with Crippen LogP contribution in [0.4, 0.5) is 0 Å². The SMILES string of the molecule is CN(CCC1CCCCC1)Cc1cccc(CN)c1. The third-order valence-corrected chi connectivity index (χ3v) is 4.32. The first kappa shape index (κ1) is 14.5. The molecule has 2 nitrogen and oxygen atoms in total. The van der Waals surface area contributed by atoms with E-state index < -0.39 is 0 Å². The van der Waals surface area contributed by atoms with Gasteiger partial charge in [0.05, 0.1) is 0 Å². The normalized spacial score (nSPS) is 17.0. The topological polar surface area (TPSA) is 29.3 Å². The van der Waals surface area contributed by atoms with Gasteiger partial charge in [-0.1, -0.05) is 56.4 Å². The molecule has 0 amide bonds. The molecule has 19 heavy (non-hydrogen) atoms. The van der Waals surface area contributed by atoms with Crippen molar-refractivity contribution in [2.75, 3.05) is 13.6 Å². The molecule has 0 radical (unpaired) electrons. The van der Waals surface area contributed by atoms with Gasteiger partial charge in [-0.05, 0) is 37.1 Å². The van der Waals surface area contributed by atoms with E-state index in [1.54, 1.807) is 0 Å². The highest BCUT2D eigenvalue weighted by molar-refractivity contribution is 5.23. The van der Waals surface area contributed by atoms with Gasteiger partial charge < -0.3 is 10.6 Å². The first-order valence-electron chi connectivity index (χ1n) is 7.74. The van der Waals surface area contributed by atoms with Gasteiger partial charge in [-0.3, -0.25) is 0 Å². The van der Waals surface area contributed by atoms with Crippen molar-refractivity contribution >= 4 is 0 Å². The van der Waals surface area contributed by atoms with Gasteiger partial charge in [-0.25, -0.2) is 0 Å². The van der Waals surface area contributed by atoms with Crippen molar-refractivity contribution in [2.45, 2.75) is 51.6 Å². The van der Waals surface area contributed by atoms with Crippen LogP contribution in [0.3, 0.4) is 0 Å². The zero-order valence-corrected chi connectivity index (χ0v) is 12.3. The van der Waals surface area contributed by atoms with Crippen molar-refractivity contribution in [3.8, 4) is 0 Å². The Morgan fingerprint density at radius 1 is 1.16 bits per heavy atom. The molecule has 1 aromatic rings. The molecule has 106 valence electrons. The minimum Gasteiger partial charge on any atom is -0.326 e. The molecule has 0 unspecified atom stereocenters. The summed E-state index contributed by atoms with van der Waals surface area (Å²) in [6.07, 6.45) is 8.64. The van der Waals surface area contributed by atoms with E-state index >= 15 is 0 Å². The summed E-state index contributed by atoms with van der Waals surface area (Å²) in [6.45, 7) is 2.90. The molecule has 0 atom stereocenters. The molecule has 0 heterocycles. The monoisotopic (exact) mass is 260 g/mol. The molecule has 1 aliphatic rings. The summed E-state index contributed by atoms with van der Waals surface area (Å²) in [5, 5.41) is 0. The number of hydrogen-bond acceptors (Lipinski definition) is 2. The molecule has 0 bridgehead atoms. The second kappa shape index (κ2) is 7.66. The van der Waals surface area contributed by atoms with Crippen molar-refractivity contribution in [1.82, 2.24) is 4.90 Å². The quantitative estimate of drug-likeness (QED) is 0.847. The molecule has 0 saturated heterocycles. The summed E-state index contributed by atoms with van der Waals surface area (Å²) in [4.78, 5) is 2.45. The van der Waals surface area contributed by atoms with Gasteiger partial charge in [0.2, 0.25) is 0 Å². The molecular weight excluding hydrogens is 232 g/mol. The van der Waals surface area contributed by atoms with Crippen LogP contribution >= 0.6 is 0 Å². The lowest BCUT2D eigenvalue weighted by Crippen LogP contribution is -2.22. The van der Waals surface area contributed by atoms with E-state index in [0.717, 1.165) is 12.5 Å². The Morgan fingerprint density at radius 3 is 2.63 bits per heavy atom. The fraction of sp³-hybridized carbons (Fsp3) is 0.647. The van der Waals surface area contributed by atoms with E-state index in [0.29, 0.717) is 6.54 Å². The Kier molecular flexibility index (Phi) is 5.87. The summed E-state index contributed by atoms with van der Waals surface area (Å²) in [5.41, 5.74) is 8.31. The van der Waals surface area contributed by atoms with Gasteiger partial charge in [0.15, 0.2) is 0 Å². The molecule has 0 spiro atoms. The maximum atomic E-state index is 5.69. The minimum atomic E-state index is 0.639. The Balaban J connectivity index is 1.75. The summed E-state index contributed by atoms with van der Waals surface area (Å²) in [6, 6.07) is 8.66. The van der Waals surface area contributed by atoms with Crippen LogP contribution in [0.15, 0.2) is 24.3 Å². The first-order valence-corrected chi connectivity index (χ1v) is 7.74. The van der Waals surface area contributed by atoms with Crippen LogP contribution in [0.1, 0.15) is 49.7 Å². The number of rotatable bonds is 6. The first-order chi connectivity index (χ1) is 9.28. The molecule has 1 aliphatic carbocycles. The molecule has 0 aliphatic heterocycles. The van der Waals surface area contributed by atoms with Gasteiger partial charge >= 0.3 is 0 Å². The van der Waals surface area contributed by atoms with E-state index in [4.69, 9.17) is 5.73 Å². The Morgan fingerprint density at radius 2 is 1.89 bits per heavy atom. The second-order valence-corrected chi connectivity index (χ2v) is 6.05. The van der Waals surface area contributed by atoms with Gasteiger partial charge in [0, 0.05) is 13.1 Å². The zero-order valence-electron chi connectivity index (χ0n) is 12.3.